The van der Waals surface area contributed by atoms with E-state index < -0.39 is 23.3 Å². The van der Waals surface area contributed by atoms with Crippen molar-refractivity contribution in [2.24, 2.45) is 5.92 Å². The van der Waals surface area contributed by atoms with Gasteiger partial charge in [-0.05, 0) is 12.1 Å². The molecular formula is C13H14BrFO3. The molecule has 1 aromatic rings. The van der Waals surface area contributed by atoms with Gasteiger partial charge < -0.3 is 9.47 Å². The van der Waals surface area contributed by atoms with Crippen LogP contribution in [0.1, 0.15) is 17.3 Å². The molecular weight excluding hydrogens is 303 g/mol. The monoisotopic (exact) mass is 316 g/mol. The lowest BCUT2D eigenvalue weighted by atomic mass is 10.0. The molecule has 2 rings (SSSR count). The van der Waals surface area contributed by atoms with Gasteiger partial charge in [-0.1, -0.05) is 41.1 Å². The normalized spacial score (nSPS) is 31.3. The highest BCUT2D eigenvalue weighted by molar-refractivity contribution is 9.09. The van der Waals surface area contributed by atoms with Gasteiger partial charge in [0.1, 0.15) is 17.8 Å². The third kappa shape index (κ3) is 2.90. The average Bonchev–Trinajstić information content (AvgIpc) is 2.64. The number of alkyl halides is 2. The first-order valence-corrected chi connectivity index (χ1v) is 6.67. The molecule has 0 spiro atoms. The van der Waals surface area contributed by atoms with Crippen molar-refractivity contribution in [2.75, 3.05) is 6.61 Å². The molecule has 1 saturated heterocycles. The topological polar surface area (TPSA) is 35.5 Å². The van der Waals surface area contributed by atoms with Crippen molar-refractivity contribution >= 4 is 21.9 Å². The molecule has 98 valence electrons. The third-order valence-electron chi connectivity index (χ3n) is 3.03. The Balaban J connectivity index is 1.88. The second-order valence-electron chi connectivity index (χ2n) is 4.29. The van der Waals surface area contributed by atoms with Crippen LogP contribution in [0.15, 0.2) is 30.3 Å². The molecule has 5 heteroatoms. The summed E-state index contributed by atoms with van der Waals surface area (Å²) in [5, 5.41) is -0.618. The van der Waals surface area contributed by atoms with Crippen molar-refractivity contribution < 1.29 is 18.7 Å². The zero-order valence-corrected chi connectivity index (χ0v) is 11.5. The van der Waals surface area contributed by atoms with Crippen molar-refractivity contribution in [3.8, 4) is 0 Å². The van der Waals surface area contributed by atoms with Crippen molar-refractivity contribution in [2.45, 2.75) is 24.2 Å². The molecule has 0 bridgehead atoms. The van der Waals surface area contributed by atoms with Crippen LogP contribution in [0, 0.1) is 5.92 Å². The Hall–Kier alpha value is -0.940. The van der Waals surface area contributed by atoms with Crippen molar-refractivity contribution in [3.63, 3.8) is 0 Å². The van der Waals surface area contributed by atoms with E-state index in [0.717, 1.165) is 0 Å². The minimum absolute atomic E-state index is 0.0669. The van der Waals surface area contributed by atoms with Crippen LogP contribution >= 0.6 is 15.9 Å². The molecule has 1 aliphatic rings. The molecule has 1 heterocycles. The van der Waals surface area contributed by atoms with Crippen molar-refractivity contribution in [1.82, 2.24) is 0 Å². The first-order chi connectivity index (χ1) is 8.59. The Morgan fingerprint density at radius 2 is 2.11 bits per heavy atom. The molecule has 3 nitrogen and oxygen atoms in total. The largest absolute Gasteiger partial charge is 0.459 e. The zero-order chi connectivity index (χ0) is 13.1. The summed E-state index contributed by atoms with van der Waals surface area (Å²) in [5.74, 6) is -0.710. The predicted molar refractivity (Wildman–Crippen MR) is 68.4 cm³/mol. The lowest BCUT2D eigenvalue weighted by molar-refractivity contribution is 0.00342. The molecule has 0 aliphatic carbocycles. The minimum atomic E-state index is -1.08. The minimum Gasteiger partial charge on any atom is -0.459 e. The van der Waals surface area contributed by atoms with E-state index in [2.05, 4.69) is 15.9 Å². The highest BCUT2D eigenvalue weighted by Crippen LogP contribution is 2.32. The molecule has 0 N–H and O–H groups in total. The summed E-state index contributed by atoms with van der Waals surface area (Å²) in [6, 6.07) is 8.69. The summed E-state index contributed by atoms with van der Waals surface area (Å²) in [6.07, 6.45) is -1.48. The van der Waals surface area contributed by atoms with E-state index in [0.29, 0.717) is 5.56 Å². The van der Waals surface area contributed by atoms with E-state index in [-0.39, 0.29) is 12.5 Å². The summed E-state index contributed by atoms with van der Waals surface area (Å²) in [5.41, 5.74) is 0.482. The van der Waals surface area contributed by atoms with Crippen LogP contribution in [0.3, 0.4) is 0 Å². The van der Waals surface area contributed by atoms with Crippen LogP contribution in [-0.2, 0) is 9.47 Å². The first kappa shape index (κ1) is 13.5. The fourth-order valence-electron chi connectivity index (χ4n) is 1.82. The second-order valence-corrected chi connectivity index (χ2v) is 5.20. The molecule has 4 atom stereocenters. The molecule has 1 fully saturated rings. The van der Waals surface area contributed by atoms with Crippen molar-refractivity contribution in [3.05, 3.63) is 35.9 Å². The lowest BCUT2D eigenvalue weighted by Crippen LogP contribution is -2.25. The van der Waals surface area contributed by atoms with Gasteiger partial charge in [-0.25, -0.2) is 9.18 Å². The molecule has 18 heavy (non-hydrogen) atoms. The fraction of sp³-hybridized carbons (Fsp3) is 0.462. The summed E-state index contributed by atoms with van der Waals surface area (Å²) >= 11 is 3.10. The maximum Gasteiger partial charge on any atom is 0.338 e. The predicted octanol–water partition coefficient (Wildman–Crippen LogP) is 2.94. The summed E-state index contributed by atoms with van der Waals surface area (Å²) in [7, 11) is 0. The second kappa shape index (κ2) is 5.80. The van der Waals surface area contributed by atoms with Gasteiger partial charge in [0.05, 0.1) is 11.7 Å². The summed E-state index contributed by atoms with van der Waals surface area (Å²) < 4.78 is 24.0. The highest BCUT2D eigenvalue weighted by Gasteiger charge is 2.41. The van der Waals surface area contributed by atoms with Crippen LogP contribution in [0.5, 0.6) is 0 Å². The van der Waals surface area contributed by atoms with Crippen molar-refractivity contribution in [1.29, 1.82) is 0 Å². The van der Waals surface area contributed by atoms with Crippen LogP contribution < -0.4 is 0 Å². The molecule has 1 aliphatic heterocycles. The lowest BCUT2D eigenvalue weighted by Gasteiger charge is -2.14. The Bertz CT molecular complexity index is 412. The van der Waals surface area contributed by atoms with Crippen LogP contribution in [0.25, 0.3) is 0 Å². The smallest absolute Gasteiger partial charge is 0.338 e. The number of hydrogen-bond acceptors (Lipinski definition) is 3. The number of halogens is 2. The zero-order valence-electron chi connectivity index (χ0n) is 9.88. The number of esters is 1. The van der Waals surface area contributed by atoms with E-state index in [1.165, 1.54) is 0 Å². The molecule has 0 amide bonds. The maximum absolute atomic E-state index is 13.5. The number of carbonyl (C=O) groups excluding carboxylic acids is 1. The van der Waals surface area contributed by atoms with Crippen LogP contribution in [0.2, 0.25) is 0 Å². The number of benzene rings is 1. The maximum atomic E-state index is 13.5. The van der Waals surface area contributed by atoms with E-state index >= 15 is 0 Å². The fourth-order valence-corrected chi connectivity index (χ4v) is 2.57. The molecule has 1 aromatic carbocycles. The number of hydrogen-bond donors (Lipinski definition) is 0. The van der Waals surface area contributed by atoms with E-state index in [1.54, 1.807) is 31.2 Å². The first-order valence-electron chi connectivity index (χ1n) is 5.75. The quantitative estimate of drug-likeness (QED) is 0.635. The van der Waals surface area contributed by atoms with Gasteiger partial charge in [0.15, 0.2) is 0 Å². The van der Waals surface area contributed by atoms with Gasteiger partial charge in [0.25, 0.3) is 0 Å². The van der Waals surface area contributed by atoms with Gasteiger partial charge in [-0.15, -0.1) is 0 Å². The van der Waals surface area contributed by atoms with Gasteiger partial charge in [0, 0.05) is 5.92 Å². The molecule has 1 unspecified atom stereocenters. The number of rotatable bonds is 3. The third-order valence-corrected chi connectivity index (χ3v) is 3.75. The van der Waals surface area contributed by atoms with E-state index in [9.17, 15) is 9.18 Å². The van der Waals surface area contributed by atoms with E-state index in [4.69, 9.17) is 9.47 Å². The molecule has 0 saturated carbocycles. The van der Waals surface area contributed by atoms with Crippen LogP contribution in [-0.4, -0.2) is 29.9 Å². The average molecular weight is 317 g/mol. The van der Waals surface area contributed by atoms with E-state index in [1.807, 2.05) is 6.07 Å². The Labute approximate surface area is 113 Å². The van der Waals surface area contributed by atoms with Gasteiger partial charge in [-0.2, -0.15) is 0 Å². The van der Waals surface area contributed by atoms with Gasteiger partial charge in [-0.3, -0.25) is 0 Å². The Morgan fingerprint density at radius 1 is 1.44 bits per heavy atom. The summed E-state index contributed by atoms with van der Waals surface area (Å²) in [6.45, 7) is 1.81. The standard InChI is InChI=1S/C13H14BrFO3/c1-8-10(18-12(14)11(8)15)7-17-13(16)9-5-3-2-4-6-9/h2-6,8,10-12H,7H2,1H3/t8-,10?,11+,12+/m1/s1. The molecule has 0 aromatic heterocycles. The number of carbonyl (C=O) groups is 1. The molecule has 0 radical (unpaired) electrons. The SMILES string of the molecule is C[C@@H]1C(COC(=O)c2ccccc2)O[C@H](Br)[C@H]1F. The van der Waals surface area contributed by atoms with Gasteiger partial charge >= 0.3 is 5.97 Å². The van der Waals surface area contributed by atoms with Gasteiger partial charge in [0.2, 0.25) is 0 Å². The Morgan fingerprint density at radius 3 is 2.67 bits per heavy atom. The highest BCUT2D eigenvalue weighted by atomic mass is 79.9. The summed E-state index contributed by atoms with van der Waals surface area (Å²) in [4.78, 5) is 11.7. The Kier molecular flexibility index (Phi) is 4.35. The van der Waals surface area contributed by atoms with Crippen LogP contribution in [0.4, 0.5) is 4.39 Å². The number of ether oxygens (including phenoxy) is 2.